The molecule has 1 atom stereocenters. The highest BCUT2D eigenvalue weighted by Gasteiger charge is 2.15. The lowest BCUT2D eigenvalue weighted by molar-refractivity contribution is 0.726. The molecule has 2 aliphatic heterocycles. The van der Waals surface area contributed by atoms with Gasteiger partial charge in [0.2, 0.25) is 0 Å². The number of aliphatic imine (C=N–C) groups is 1. The van der Waals surface area contributed by atoms with Gasteiger partial charge < -0.3 is 15.5 Å². The highest BCUT2D eigenvalue weighted by molar-refractivity contribution is 14.0. The molecule has 0 saturated carbocycles. The molecule has 7 heteroatoms. The Balaban J connectivity index is 0.00000225. The smallest absolute Gasteiger partial charge is 0.191 e. The van der Waals surface area contributed by atoms with Gasteiger partial charge in [-0.15, -0.1) is 24.0 Å². The summed E-state index contributed by atoms with van der Waals surface area (Å²) in [5.74, 6) is 4.69. The molecular formula is C18H29IN4S2. The molecule has 4 nitrogen and oxygen atoms in total. The highest BCUT2D eigenvalue weighted by atomic mass is 127. The normalized spacial score (nSPS) is 20.9. The zero-order valence-corrected chi connectivity index (χ0v) is 18.8. The summed E-state index contributed by atoms with van der Waals surface area (Å²) in [5.41, 5.74) is 2.64. The number of benzene rings is 1. The van der Waals surface area contributed by atoms with Crippen LogP contribution < -0.4 is 15.5 Å². The third kappa shape index (κ3) is 6.75. The molecule has 25 heavy (non-hydrogen) atoms. The average Bonchev–Trinajstić information content (AvgIpc) is 3.17. The van der Waals surface area contributed by atoms with E-state index in [0.29, 0.717) is 0 Å². The Labute approximate surface area is 177 Å². The summed E-state index contributed by atoms with van der Waals surface area (Å²) in [6.45, 7) is 4.15. The Kier molecular flexibility index (Phi) is 9.62. The van der Waals surface area contributed by atoms with Crippen molar-refractivity contribution < 1.29 is 0 Å². The Morgan fingerprint density at radius 1 is 1.16 bits per heavy atom. The van der Waals surface area contributed by atoms with Crippen LogP contribution in [-0.2, 0) is 6.54 Å². The molecule has 0 aromatic heterocycles. The second-order valence-electron chi connectivity index (χ2n) is 6.21. The van der Waals surface area contributed by atoms with Crippen molar-refractivity contribution in [2.24, 2.45) is 4.99 Å². The SMILES string of the molecule is CN=C(NCc1ccc(N2CCSCC2)cc1)NCC1CCCS1.I. The fraction of sp³-hybridized carbons (Fsp3) is 0.611. The van der Waals surface area contributed by atoms with Gasteiger partial charge in [-0.25, -0.2) is 0 Å². The van der Waals surface area contributed by atoms with E-state index < -0.39 is 0 Å². The summed E-state index contributed by atoms with van der Waals surface area (Å²) in [5, 5.41) is 7.61. The van der Waals surface area contributed by atoms with Gasteiger partial charge in [0, 0.05) is 55.7 Å². The summed E-state index contributed by atoms with van der Waals surface area (Å²) in [6, 6.07) is 8.95. The average molecular weight is 492 g/mol. The van der Waals surface area contributed by atoms with Crippen LogP contribution >= 0.6 is 47.5 Å². The number of thioether (sulfide) groups is 2. The number of hydrogen-bond acceptors (Lipinski definition) is 4. The largest absolute Gasteiger partial charge is 0.370 e. The molecule has 1 aromatic rings. The van der Waals surface area contributed by atoms with Crippen LogP contribution in [0.1, 0.15) is 18.4 Å². The molecule has 1 aromatic carbocycles. The maximum absolute atomic E-state index is 4.33. The topological polar surface area (TPSA) is 39.7 Å². The maximum Gasteiger partial charge on any atom is 0.191 e. The van der Waals surface area contributed by atoms with Crippen molar-refractivity contribution in [1.29, 1.82) is 0 Å². The number of rotatable bonds is 5. The first-order valence-electron chi connectivity index (χ1n) is 8.83. The van der Waals surface area contributed by atoms with E-state index in [1.807, 2.05) is 7.05 Å². The van der Waals surface area contributed by atoms with Crippen molar-refractivity contribution in [3.05, 3.63) is 29.8 Å². The van der Waals surface area contributed by atoms with Crippen LogP contribution in [-0.4, -0.2) is 55.1 Å². The van der Waals surface area contributed by atoms with Gasteiger partial charge in [0.05, 0.1) is 0 Å². The second kappa shape index (κ2) is 11.4. The first kappa shape index (κ1) is 21.0. The molecule has 0 aliphatic carbocycles. The predicted octanol–water partition coefficient (Wildman–Crippen LogP) is 3.42. The van der Waals surface area contributed by atoms with Crippen molar-refractivity contribution in [2.45, 2.75) is 24.6 Å². The predicted molar refractivity (Wildman–Crippen MR) is 125 cm³/mol. The number of hydrogen-bond donors (Lipinski definition) is 2. The van der Waals surface area contributed by atoms with Crippen molar-refractivity contribution in [3.63, 3.8) is 0 Å². The lowest BCUT2D eigenvalue weighted by Crippen LogP contribution is -2.39. The lowest BCUT2D eigenvalue weighted by Gasteiger charge is -2.28. The molecule has 2 saturated heterocycles. The van der Waals surface area contributed by atoms with Gasteiger partial charge in [0.25, 0.3) is 0 Å². The van der Waals surface area contributed by atoms with E-state index in [0.717, 1.165) is 37.4 Å². The van der Waals surface area contributed by atoms with Crippen LogP contribution in [0.25, 0.3) is 0 Å². The fourth-order valence-corrected chi connectivity index (χ4v) is 5.17. The minimum Gasteiger partial charge on any atom is -0.370 e. The zero-order valence-electron chi connectivity index (χ0n) is 14.9. The zero-order chi connectivity index (χ0) is 16.6. The van der Waals surface area contributed by atoms with E-state index in [1.165, 1.54) is 41.4 Å². The number of anilines is 1. The van der Waals surface area contributed by atoms with Gasteiger partial charge >= 0.3 is 0 Å². The van der Waals surface area contributed by atoms with E-state index in [9.17, 15) is 0 Å². The fourth-order valence-electron chi connectivity index (χ4n) is 3.07. The Morgan fingerprint density at radius 2 is 1.92 bits per heavy atom. The standard InChI is InChI=1S/C18H28N4S2.HI/c1-19-18(21-14-17-3-2-10-24-17)20-13-15-4-6-16(7-5-15)22-8-11-23-12-9-22;/h4-7,17H,2-3,8-14H2,1H3,(H2,19,20,21);1H. The van der Waals surface area contributed by atoms with Gasteiger partial charge in [-0.05, 0) is 36.3 Å². The number of halogens is 1. The maximum atomic E-state index is 4.33. The lowest BCUT2D eigenvalue weighted by atomic mass is 10.2. The summed E-state index contributed by atoms with van der Waals surface area (Å²) < 4.78 is 0. The molecule has 2 fully saturated rings. The molecule has 2 N–H and O–H groups in total. The molecular weight excluding hydrogens is 463 g/mol. The van der Waals surface area contributed by atoms with Gasteiger partial charge in [0.1, 0.15) is 0 Å². The van der Waals surface area contributed by atoms with Crippen LogP contribution in [0.5, 0.6) is 0 Å². The van der Waals surface area contributed by atoms with Crippen molar-refractivity contribution in [2.75, 3.05) is 48.8 Å². The van der Waals surface area contributed by atoms with E-state index in [1.54, 1.807) is 0 Å². The number of guanidine groups is 1. The number of nitrogens with one attached hydrogen (secondary N) is 2. The molecule has 0 bridgehead atoms. The van der Waals surface area contributed by atoms with Gasteiger partial charge in [-0.1, -0.05) is 12.1 Å². The van der Waals surface area contributed by atoms with Crippen molar-refractivity contribution in [3.8, 4) is 0 Å². The van der Waals surface area contributed by atoms with Crippen molar-refractivity contribution in [1.82, 2.24) is 10.6 Å². The highest BCUT2D eigenvalue weighted by Crippen LogP contribution is 2.25. The third-order valence-corrected chi connectivity index (χ3v) is 6.86. The summed E-state index contributed by atoms with van der Waals surface area (Å²) >= 11 is 4.12. The Hall–Kier alpha value is -0.280. The molecule has 2 aliphatic rings. The summed E-state index contributed by atoms with van der Waals surface area (Å²) in [7, 11) is 1.84. The minimum absolute atomic E-state index is 0. The van der Waals surface area contributed by atoms with Crippen molar-refractivity contribution >= 4 is 59.1 Å². The van der Waals surface area contributed by atoms with Gasteiger partial charge in [-0.3, -0.25) is 4.99 Å². The van der Waals surface area contributed by atoms with Crippen LogP contribution in [0.4, 0.5) is 5.69 Å². The molecule has 1 unspecified atom stereocenters. The summed E-state index contributed by atoms with van der Waals surface area (Å²) in [6.07, 6.45) is 2.68. The van der Waals surface area contributed by atoms with E-state index >= 15 is 0 Å². The van der Waals surface area contributed by atoms with E-state index in [-0.39, 0.29) is 24.0 Å². The molecule has 0 spiro atoms. The molecule has 2 heterocycles. The molecule has 0 amide bonds. The first-order chi connectivity index (χ1) is 11.8. The van der Waals surface area contributed by atoms with Crippen LogP contribution in [0, 0.1) is 0 Å². The second-order valence-corrected chi connectivity index (χ2v) is 8.84. The first-order valence-corrected chi connectivity index (χ1v) is 11.0. The van der Waals surface area contributed by atoms with Crippen LogP contribution in [0.15, 0.2) is 29.3 Å². The van der Waals surface area contributed by atoms with Gasteiger partial charge in [0.15, 0.2) is 5.96 Å². The third-order valence-electron chi connectivity index (χ3n) is 4.52. The summed E-state index contributed by atoms with van der Waals surface area (Å²) in [4.78, 5) is 6.81. The Morgan fingerprint density at radius 3 is 2.56 bits per heavy atom. The Bertz CT molecular complexity index is 526. The minimum atomic E-state index is 0. The van der Waals surface area contributed by atoms with E-state index in [4.69, 9.17) is 0 Å². The van der Waals surface area contributed by atoms with E-state index in [2.05, 4.69) is 68.3 Å². The van der Waals surface area contributed by atoms with Gasteiger partial charge in [-0.2, -0.15) is 23.5 Å². The monoisotopic (exact) mass is 492 g/mol. The molecule has 140 valence electrons. The molecule has 3 rings (SSSR count). The quantitative estimate of drug-likeness (QED) is 0.375. The van der Waals surface area contributed by atoms with Crippen LogP contribution in [0.2, 0.25) is 0 Å². The molecule has 0 radical (unpaired) electrons. The van der Waals surface area contributed by atoms with Crippen LogP contribution in [0.3, 0.4) is 0 Å². The number of nitrogens with zero attached hydrogens (tertiary/aromatic N) is 2.